The third-order valence-electron chi connectivity index (χ3n) is 3.20. The first-order chi connectivity index (χ1) is 9.52. The number of aryl methyl sites for hydroxylation is 1. The molecule has 0 saturated carbocycles. The Morgan fingerprint density at radius 1 is 1.15 bits per heavy atom. The van der Waals surface area contributed by atoms with Crippen LogP contribution in [-0.4, -0.2) is 20.1 Å². The van der Waals surface area contributed by atoms with Gasteiger partial charge in [0.05, 0.1) is 12.7 Å². The van der Waals surface area contributed by atoms with Crippen molar-refractivity contribution in [2.45, 2.75) is 6.92 Å². The smallest absolute Gasteiger partial charge is 0.260 e. The molecule has 0 unspecified atom stereocenters. The first-order valence-corrected chi connectivity index (χ1v) is 6.31. The maximum atomic E-state index is 12.4. The van der Waals surface area contributed by atoms with Crippen LogP contribution in [0.15, 0.2) is 42.5 Å². The lowest BCUT2D eigenvalue weighted by molar-refractivity contribution is 0.0994. The highest BCUT2D eigenvalue weighted by Crippen LogP contribution is 2.22. The quantitative estimate of drug-likeness (QED) is 0.872. The zero-order valence-corrected chi connectivity index (χ0v) is 11.9. The molecule has 0 aromatic heterocycles. The number of nitrogen functional groups attached to an aromatic ring is 1. The van der Waals surface area contributed by atoms with Gasteiger partial charge < -0.3 is 15.4 Å². The van der Waals surface area contributed by atoms with Crippen molar-refractivity contribution in [3.63, 3.8) is 0 Å². The molecule has 0 aliphatic carbocycles. The fraction of sp³-hybridized carbons (Fsp3) is 0.188. The molecule has 4 heteroatoms. The molecule has 2 aromatic rings. The summed E-state index contributed by atoms with van der Waals surface area (Å²) in [6.07, 6.45) is 0. The number of hydrogen-bond acceptors (Lipinski definition) is 3. The van der Waals surface area contributed by atoms with Gasteiger partial charge in [-0.3, -0.25) is 4.79 Å². The zero-order valence-electron chi connectivity index (χ0n) is 11.9. The molecule has 20 heavy (non-hydrogen) atoms. The molecule has 0 bridgehead atoms. The molecule has 2 aromatic carbocycles. The van der Waals surface area contributed by atoms with Crippen LogP contribution in [0.3, 0.4) is 0 Å². The molecule has 0 atom stereocenters. The van der Waals surface area contributed by atoms with E-state index in [1.807, 2.05) is 37.3 Å². The normalized spacial score (nSPS) is 10.2. The van der Waals surface area contributed by atoms with E-state index in [9.17, 15) is 4.79 Å². The SMILES string of the molecule is COc1ccc(N(C)C(=O)c2ccc(C)cc2N)cc1. The molecule has 1 amide bonds. The average Bonchev–Trinajstić information content (AvgIpc) is 2.46. The van der Waals surface area contributed by atoms with Gasteiger partial charge in [-0.15, -0.1) is 0 Å². The second-order valence-corrected chi connectivity index (χ2v) is 4.65. The Morgan fingerprint density at radius 3 is 2.35 bits per heavy atom. The lowest BCUT2D eigenvalue weighted by Gasteiger charge is -2.18. The topological polar surface area (TPSA) is 55.6 Å². The van der Waals surface area contributed by atoms with E-state index in [0.29, 0.717) is 11.3 Å². The van der Waals surface area contributed by atoms with E-state index >= 15 is 0 Å². The summed E-state index contributed by atoms with van der Waals surface area (Å²) in [7, 11) is 3.33. The standard InChI is InChI=1S/C16H18N2O2/c1-11-4-9-14(15(17)10-11)16(19)18(2)12-5-7-13(20-3)8-6-12/h4-10H,17H2,1-3H3. The lowest BCUT2D eigenvalue weighted by Crippen LogP contribution is -2.27. The van der Waals surface area contributed by atoms with Crippen molar-refractivity contribution in [3.05, 3.63) is 53.6 Å². The number of carbonyl (C=O) groups is 1. The number of anilines is 2. The summed E-state index contributed by atoms with van der Waals surface area (Å²) in [5, 5.41) is 0. The fourth-order valence-electron chi connectivity index (χ4n) is 1.98. The predicted octanol–water partition coefficient (Wildman–Crippen LogP) is 2.86. The first kappa shape index (κ1) is 13.9. The van der Waals surface area contributed by atoms with Crippen LogP contribution in [0.25, 0.3) is 0 Å². The van der Waals surface area contributed by atoms with Crippen LogP contribution in [-0.2, 0) is 0 Å². The Kier molecular flexibility index (Phi) is 3.94. The van der Waals surface area contributed by atoms with Crippen LogP contribution in [0.4, 0.5) is 11.4 Å². The van der Waals surface area contributed by atoms with Gasteiger partial charge in [0.15, 0.2) is 0 Å². The van der Waals surface area contributed by atoms with Gasteiger partial charge in [0.1, 0.15) is 5.75 Å². The molecule has 2 rings (SSSR count). The minimum atomic E-state index is -0.132. The zero-order chi connectivity index (χ0) is 14.7. The van der Waals surface area contributed by atoms with Crippen LogP contribution in [0.1, 0.15) is 15.9 Å². The Labute approximate surface area is 118 Å². The van der Waals surface area contributed by atoms with Crippen LogP contribution in [0.5, 0.6) is 5.75 Å². The van der Waals surface area contributed by atoms with Crippen LogP contribution >= 0.6 is 0 Å². The van der Waals surface area contributed by atoms with Gasteiger partial charge in [0.25, 0.3) is 5.91 Å². The van der Waals surface area contributed by atoms with Crippen molar-refractivity contribution < 1.29 is 9.53 Å². The summed E-state index contributed by atoms with van der Waals surface area (Å²) in [5.41, 5.74) is 8.74. The van der Waals surface area contributed by atoms with Gasteiger partial charge in [-0.05, 0) is 48.9 Å². The number of hydrogen-bond donors (Lipinski definition) is 1. The van der Waals surface area contributed by atoms with Crippen molar-refractivity contribution in [2.75, 3.05) is 24.8 Å². The Bertz CT molecular complexity index is 621. The Balaban J connectivity index is 2.27. The van der Waals surface area contributed by atoms with E-state index in [4.69, 9.17) is 10.5 Å². The van der Waals surface area contributed by atoms with E-state index in [-0.39, 0.29) is 5.91 Å². The summed E-state index contributed by atoms with van der Waals surface area (Å²) in [6, 6.07) is 12.7. The van der Waals surface area contributed by atoms with Gasteiger partial charge in [0, 0.05) is 18.4 Å². The van der Waals surface area contributed by atoms with Gasteiger partial charge in [-0.1, -0.05) is 6.07 Å². The summed E-state index contributed by atoms with van der Waals surface area (Å²) in [6.45, 7) is 1.94. The van der Waals surface area contributed by atoms with Crippen molar-refractivity contribution >= 4 is 17.3 Å². The van der Waals surface area contributed by atoms with Crippen molar-refractivity contribution in [1.82, 2.24) is 0 Å². The monoisotopic (exact) mass is 270 g/mol. The van der Waals surface area contributed by atoms with Gasteiger partial charge in [0.2, 0.25) is 0 Å². The molecule has 0 heterocycles. The van der Waals surface area contributed by atoms with E-state index in [1.54, 1.807) is 31.2 Å². The highest BCUT2D eigenvalue weighted by molar-refractivity contribution is 6.09. The molecular formula is C16H18N2O2. The number of ether oxygens (including phenoxy) is 1. The average molecular weight is 270 g/mol. The van der Waals surface area contributed by atoms with Gasteiger partial charge in [-0.2, -0.15) is 0 Å². The van der Waals surface area contributed by atoms with E-state index in [0.717, 1.165) is 17.0 Å². The fourth-order valence-corrected chi connectivity index (χ4v) is 1.98. The predicted molar refractivity (Wildman–Crippen MR) is 81.3 cm³/mol. The highest BCUT2D eigenvalue weighted by Gasteiger charge is 2.16. The molecule has 0 aliphatic rings. The summed E-state index contributed by atoms with van der Waals surface area (Å²) < 4.78 is 5.10. The Morgan fingerprint density at radius 2 is 1.80 bits per heavy atom. The molecule has 4 nitrogen and oxygen atoms in total. The second kappa shape index (κ2) is 5.65. The number of amides is 1. The van der Waals surface area contributed by atoms with Crippen LogP contribution in [0.2, 0.25) is 0 Å². The molecule has 0 spiro atoms. The highest BCUT2D eigenvalue weighted by atomic mass is 16.5. The number of methoxy groups -OCH3 is 1. The largest absolute Gasteiger partial charge is 0.497 e. The maximum absolute atomic E-state index is 12.4. The number of nitrogens with zero attached hydrogens (tertiary/aromatic N) is 1. The minimum Gasteiger partial charge on any atom is -0.497 e. The van der Waals surface area contributed by atoms with Gasteiger partial charge >= 0.3 is 0 Å². The minimum absolute atomic E-state index is 0.132. The molecule has 2 N–H and O–H groups in total. The molecule has 0 saturated heterocycles. The molecule has 0 aliphatic heterocycles. The van der Waals surface area contributed by atoms with Crippen LogP contribution < -0.4 is 15.4 Å². The number of nitrogens with two attached hydrogens (primary N) is 1. The molecule has 104 valence electrons. The van der Waals surface area contributed by atoms with Crippen molar-refractivity contribution in [3.8, 4) is 5.75 Å². The maximum Gasteiger partial charge on any atom is 0.260 e. The van der Waals surface area contributed by atoms with Crippen molar-refractivity contribution in [2.24, 2.45) is 0 Å². The second-order valence-electron chi connectivity index (χ2n) is 4.65. The lowest BCUT2D eigenvalue weighted by atomic mass is 10.1. The number of carbonyl (C=O) groups excluding carboxylic acids is 1. The van der Waals surface area contributed by atoms with Crippen LogP contribution in [0, 0.1) is 6.92 Å². The molecular weight excluding hydrogens is 252 g/mol. The van der Waals surface area contributed by atoms with E-state index < -0.39 is 0 Å². The van der Waals surface area contributed by atoms with Crippen molar-refractivity contribution in [1.29, 1.82) is 0 Å². The summed E-state index contributed by atoms with van der Waals surface area (Å²) >= 11 is 0. The number of rotatable bonds is 3. The third kappa shape index (κ3) is 2.74. The number of benzene rings is 2. The Hall–Kier alpha value is -2.49. The van der Waals surface area contributed by atoms with E-state index in [1.165, 1.54) is 0 Å². The summed E-state index contributed by atoms with van der Waals surface area (Å²) in [5.74, 6) is 0.622. The first-order valence-electron chi connectivity index (χ1n) is 6.31. The third-order valence-corrected chi connectivity index (χ3v) is 3.20. The van der Waals surface area contributed by atoms with E-state index in [2.05, 4.69) is 0 Å². The van der Waals surface area contributed by atoms with Gasteiger partial charge in [-0.25, -0.2) is 0 Å². The summed E-state index contributed by atoms with van der Waals surface area (Å²) in [4.78, 5) is 14.0. The molecule has 0 fully saturated rings. The molecule has 0 radical (unpaired) electrons.